The Kier molecular flexibility index (Phi) is 11.1. The van der Waals surface area contributed by atoms with Gasteiger partial charge in [-0.2, -0.15) is 0 Å². The van der Waals surface area contributed by atoms with Crippen LogP contribution in [0.4, 0.5) is 0 Å². The van der Waals surface area contributed by atoms with Crippen LogP contribution in [0.3, 0.4) is 0 Å². The molecule has 9 aliphatic rings. The molecule has 0 fully saturated rings. The van der Waals surface area contributed by atoms with Crippen molar-refractivity contribution in [2.75, 3.05) is 0 Å². The van der Waals surface area contributed by atoms with Crippen LogP contribution in [0.5, 0.6) is 0 Å². The minimum atomic E-state index is -0.750. The van der Waals surface area contributed by atoms with E-state index in [9.17, 15) is 0 Å². The summed E-state index contributed by atoms with van der Waals surface area (Å²) in [7, 11) is 0. The molecule has 0 nitrogen and oxygen atoms in total. The number of alkyl halides is 3. The number of benzene rings is 4. The van der Waals surface area contributed by atoms with Gasteiger partial charge >= 0.3 is 333 Å². The number of rotatable bonds is 0. The molecule has 5 heterocycles. The van der Waals surface area contributed by atoms with Crippen molar-refractivity contribution in [3.63, 3.8) is 0 Å². The van der Waals surface area contributed by atoms with Crippen molar-refractivity contribution < 1.29 is 0 Å². The number of halogens is 3. The van der Waals surface area contributed by atoms with Crippen molar-refractivity contribution in [2.24, 2.45) is 0 Å². The first kappa shape index (κ1) is 38.0. The van der Waals surface area contributed by atoms with Gasteiger partial charge in [0.1, 0.15) is 0 Å². The Hall–Kier alpha value is -2.25. The number of hydrogen-bond donors (Lipinski definition) is 0. The van der Waals surface area contributed by atoms with E-state index >= 15 is 0 Å². The van der Waals surface area contributed by atoms with Crippen molar-refractivity contribution in [2.45, 2.75) is 55.7 Å². The van der Waals surface area contributed by atoms with Crippen molar-refractivity contribution >= 4 is 92.8 Å². The summed E-state index contributed by atoms with van der Waals surface area (Å²) in [6.07, 6.45) is 8.73. The van der Waals surface area contributed by atoms with Crippen LogP contribution in [-0.2, 0) is 51.4 Å². The zero-order valence-corrected chi connectivity index (χ0v) is 39.7. The van der Waals surface area contributed by atoms with E-state index in [-0.39, 0.29) is 0 Å². The Balaban J connectivity index is 0.000000919. The van der Waals surface area contributed by atoms with E-state index < -0.39 is 4.30 Å². The molecule has 8 aromatic rings. The molecule has 0 spiro atoms. The molecular formula is C49H37Cl3Se4. The van der Waals surface area contributed by atoms with E-state index in [1.54, 1.807) is 35.5 Å². The summed E-state index contributed by atoms with van der Waals surface area (Å²) in [6.45, 7) is 0. The summed E-state index contributed by atoms with van der Waals surface area (Å²) < 4.78 is 11.9. The average molecular weight is 1050 g/mol. The molecule has 0 atom stereocenters. The first-order chi connectivity index (χ1) is 27.4. The van der Waals surface area contributed by atoms with Crippen LogP contribution in [0.2, 0.25) is 0 Å². The van der Waals surface area contributed by atoms with Crippen LogP contribution < -0.4 is 0 Å². The fraction of sp³-hybridized carbons (Fsp3) is 0.184. The number of aryl methyl sites for hydroxylation is 8. The summed E-state index contributed by atoms with van der Waals surface area (Å²) in [5, 5.41) is 0. The maximum atomic E-state index is 4.81. The van der Waals surface area contributed by atoms with E-state index in [0.717, 1.165) is 51.4 Å². The van der Waals surface area contributed by atoms with E-state index in [4.69, 9.17) is 34.8 Å². The molecular weight excluding hydrogens is 1010 g/mol. The van der Waals surface area contributed by atoms with Crippen molar-refractivity contribution in [3.05, 3.63) is 166 Å². The van der Waals surface area contributed by atoms with Gasteiger partial charge in [-0.25, -0.2) is 0 Å². The van der Waals surface area contributed by atoms with Gasteiger partial charge in [-0.3, -0.25) is 0 Å². The fourth-order valence-corrected chi connectivity index (χ4v) is 18.5. The molecule has 4 aromatic heterocycles. The Bertz CT molecular complexity index is 2350. The Morgan fingerprint density at radius 1 is 0.286 bits per heavy atom. The number of hydrogen-bond acceptors (Lipinski definition) is 0. The second-order valence-electron chi connectivity index (χ2n) is 14.9. The normalized spacial score (nSPS) is 13.9. The average Bonchev–Trinajstić information content (AvgIpc) is 4.03. The molecule has 0 saturated heterocycles. The van der Waals surface area contributed by atoms with E-state index in [0.29, 0.717) is 58.0 Å². The van der Waals surface area contributed by atoms with E-state index in [1.165, 1.54) is 66.8 Å². The van der Waals surface area contributed by atoms with Gasteiger partial charge in [-0.05, 0) is 0 Å². The molecule has 0 unspecified atom stereocenters. The number of fused-ring (bicyclic) bond motifs is 10. The van der Waals surface area contributed by atoms with Gasteiger partial charge in [0.05, 0.1) is 0 Å². The molecule has 0 saturated carbocycles. The molecule has 4 aromatic carbocycles. The molecule has 0 N–H and O–H groups in total. The molecule has 0 radical (unpaired) electrons. The van der Waals surface area contributed by atoms with Crippen LogP contribution in [-0.4, -0.2) is 62.3 Å². The van der Waals surface area contributed by atoms with Gasteiger partial charge in [-0.15, -0.1) is 0 Å². The predicted molar refractivity (Wildman–Crippen MR) is 244 cm³/mol. The zero-order chi connectivity index (χ0) is 37.8. The van der Waals surface area contributed by atoms with Crippen LogP contribution in [0.1, 0.15) is 44.5 Å². The molecule has 7 heteroatoms. The second kappa shape index (κ2) is 16.4. The standard InChI is InChI=1S/C48H36Se4.CHCl3/c1-9-33-14-6-30-2-10-34-13-5-29(1)25-37(33)41-17-21-45(49-41)46-23-19-43(51-46)39-27-31-3-11-35(39)15-7-32-4-12-36(16-8-31)40(28-32)44-20-24-48(52-44)47-22-18-42(50-47)38(34)26-30;2-1(3)4/h1-4,9-12,17-28H,5-8,13-16H2;1H. The summed E-state index contributed by atoms with van der Waals surface area (Å²) in [6, 6.07) is 49.6. The molecule has 278 valence electrons. The van der Waals surface area contributed by atoms with Crippen LogP contribution in [0, 0.1) is 0 Å². The molecule has 20 bridgehead atoms. The third-order valence-corrected chi connectivity index (χ3v) is 22.4. The minimum absolute atomic E-state index is 0.332. The predicted octanol–water partition coefficient (Wildman–Crippen LogP) is 12.0. The summed E-state index contributed by atoms with van der Waals surface area (Å²) in [5.74, 6) is 0. The topological polar surface area (TPSA) is 0 Å². The van der Waals surface area contributed by atoms with Crippen LogP contribution >= 0.6 is 34.8 Å². The maximum absolute atomic E-state index is 4.81. The van der Waals surface area contributed by atoms with Crippen molar-refractivity contribution in [1.29, 1.82) is 0 Å². The Labute approximate surface area is 368 Å². The SMILES string of the molecule is ClC(Cl)Cl.c1cc2c3cc1CCc1ccc(cc1-c1ccc([se]1)-c1ccc([se]1)-c1cc4ccc1CCc1ccc(c(c1)-c1ccc([se]1)-c1ccc-3[se]1)CC4)CC2. The van der Waals surface area contributed by atoms with Gasteiger partial charge in [0.25, 0.3) is 0 Å². The van der Waals surface area contributed by atoms with Crippen molar-refractivity contribution in [1.82, 2.24) is 0 Å². The van der Waals surface area contributed by atoms with E-state index in [1.807, 2.05) is 0 Å². The van der Waals surface area contributed by atoms with Crippen LogP contribution in [0.25, 0.3) is 57.8 Å². The summed E-state index contributed by atoms with van der Waals surface area (Å²) in [5.41, 5.74) is 18.1. The van der Waals surface area contributed by atoms with Gasteiger partial charge in [0, 0.05) is 0 Å². The quantitative estimate of drug-likeness (QED) is 0.105. The van der Waals surface area contributed by atoms with Gasteiger partial charge < -0.3 is 0 Å². The first-order valence-corrected chi connectivity index (χ1v) is 27.4. The monoisotopic (exact) mass is 1050 g/mol. The molecule has 1 aliphatic heterocycles. The summed E-state index contributed by atoms with van der Waals surface area (Å²) in [4.78, 5) is 0. The molecule has 8 aliphatic carbocycles. The summed E-state index contributed by atoms with van der Waals surface area (Å²) >= 11 is 15.7. The first-order valence-electron chi connectivity index (χ1n) is 19.2. The second-order valence-corrected chi connectivity index (χ2v) is 25.9. The van der Waals surface area contributed by atoms with Crippen LogP contribution in [0.15, 0.2) is 121 Å². The van der Waals surface area contributed by atoms with Gasteiger partial charge in [-0.1, -0.05) is 34.8 Å². The Morgan fingerprint density at radius 3 is 0.732 bits per heavy atom. The molecule has 56 heavy (non-hydrogen) atoms. The van der Waals surface area contributed by atoms with E-state index in [2.05, 4.69) is 121 Å². The molecule has 0 amide bonds. The fourth-order valence-electron chi connectivity index (χ4n) is 8.48. The van der Waals surface area contributed by atoms with Gasteiger partial charge in [0.2, 0.25) is 0 Å². The Morgan fingerprint density at radius 2 is 0.500 bits per heavy atom. The third kappa shape index (κ3) is 7.92. The van der Waals surface area contributed by atoms with Gasteiger partial charge in [0.15, 0.2) is 4.30 Å². The molecule has 17 rings (SSSR count). The zero-order valence-electron chi connectivity index (χ0n) is 30.5. The third-order valence-electron chi connectivity index (χ3n) is 11.4. The van der Waals surface area contributed by atoms with Crippen molar-refractivity contribution in [3.8, 4) is 57.8 Å².